The molecular formula is C59H74B2Cl2O10. The Morgan fingerprint density at radius 3 is 1.78 bits per heavy atom. The first-order valence-corrected chi connectivity index (χ1v) is 27.5. The molecule has 0 unspecified atom stereocenters. The van der Waals surface area contributed by atoms with Crippen molar-refractivity contribution in [3.05, 3.63) is 122 Å². The van der Waals surface area contributed by atoms with Gasteiger partial charge < -0.3 is 39.8 Å². The summed E-state index contributed by atoms with van der Waals surface area (Å²) in [5.41, 5.74) is 3.44. The van der Waals surface area contributed by atoms with Crippen LogP contribution in [0.2, 0.25) is 10.0 Å². The number of carbonyl (C=O) groups is 2. The van der Waals surface area contributed by atoms with Crippen molar-refractivity contribution in [2.75, 3.05) is 0 Å². The number of ether oxygens (including phenoxy) is 2. The molecule has 0 heterocycles. The van der Waals surface area contributed by atoms with E-state index >= 15 is 0 Å². The van der Waals surface area contributed by atoms with Crippen molar-refractivity contribution in [3.8, 4) is 11.5 Å². The molecule has 0 bridgehead atoms. The predicted molar refractivity (Wildman–Crippen MR) is 291 cm³/mol. The van der Waals surface area contributed by atoms with E-state index in [9.17, 15) is 39.9 Å². The Balaban J connectivity index is 1.04. The highest BCUT2D eigenvalue weighted by molar-refractivity contribution is 6.59. The first-order valence-electron chi connectivity index (χ1n) is 26.8. The molecule has 0 saturated heterocycles. The van der Waals surface area contributed by atoms with Crippen molar-refractivity contribution in [3.63, 3.8) is 0 Å². The molecule has 4 fully saturated rings. The number of halogens is 2. The van der Waals surface area contributed by atoms with Crippen molar-refractivity contribution in [1.82, 2.24) is 0 Å². The van der Waals surface area contributed by atoms with Crippen LogP contribution in [0.1, 0.15) is 167 Å². The maximum Gasteiger partial charge on any atom is 0.488 e. The first-order chi connectivity index (χ1) is 34.8. The lowest BCUT2D eigenvalue weighted by Crippen LogP contribution is -2.53. The molecule has 0 aliphatic heterocycles. The van der Waals surface area contributed by atoms with Gasteiger partial charge in [-0.3, -0.25) is 0 Å². The van der Waals surface area contributed by atoms with Crippen LogP contribution in [0.4, 0.5) is 0 Å². The van der Waals surface area contributed by atoms with Crippen LogP contribution in [0.3, 0.4) is 0 Å². The summed E-state index contributed by atoms with van der Waals surface area (Å²) in [6.07, 6.45) is 19.3. The Morgan fingerprint density at radius 1 is 0.699 bits per heavy atom. The largest absolute Gasteiger partial charge is 0.488 e. The Morgan fingerprint density at radius 2 is 1.25 bits per heavy atom. The van der Waals surface area contributed by atoms with Gasteiger partial charge in [0, 0.05) is 0 Å². The quantitative estimate of drug-likeness (QED) is 0.0468. The van der Waals surface area contributed by atoms with Crippen LogP contribution < -0.4 is 20.4 Å². The number of rotatable bonds is 20. The zero-order valence-corrected chi connectivity index (χ0v) is 44.7. The maximum atomic E-state index is 13.0. The minimum absolute atomic E-state index is 0.0216. The molecule has 73 heavy (non-hydrogen) atoms. The zero-order valence-electron chi connectivity index (χ0n) is 43.2. The van der Waals surface area contributed by atoms with Gasteiger partial charge in [0.05, 0.1) is 10.0 Å². The van der Waals surface area contributed by atoms with Gasteiger partial charge >= 0.3 is 26.2 Å². The van der Waals surface area contributed by atoms with Gasteiger partial charge in [0.2, 0.25) is 0 Å². The van der Waals surface area contributed by atoms with E-state index in [0.29, 0.717) is 56.9 Å². The molecule has 9 atom stereocenters. The number of allylic oxidation sites excluding steroid dienone is 1. The number of carboxylic acids is 2. The summed E-state index contributed by atoms with van der Waals surface area (Å²) in [5.74, 6) is 3.32. The van der Waals surface area contributed by atoms with E-state index < -0.39 is 26.2 Å². The van der Waals surface area contributed by atoms with Crippen LogP contribution in [0.5, 0.6) is 11.5 Å². The highest BCUT2D eigenvalue weighted by atomic mass is 35.5. The number of hydrogen-bond acceptors (Lipinski definition) is 8. The predicted octanol–water partition coefficient (Wildman–Crippen LogP) is 11.9. The molecule has 4 saturated carbocycles. The van der Waals surface area contributed by atoms with E-state index in [2.05, 4.69) is 34.6 Å². The topological polar surface area (TPSA) is 174 Å². The number of fused-ring (bicyclic) bond motifs is 5. The van der Waals surface area contributed by atoms with Gasteiger partial charge in [0.1, 0.15) is 24.3 Å². The molecule has 8 rings (SSSR count). The average Bonchev–Trinajstić information content (AvgIpc) is 3.71. The van der Waals surface area contributed by atoms with Crippen molar-refractivity contribution in [1.29, 1.82) is 0 Å². The molecule has 4 aromatic carbocycles. The highest BCUT2D eigenvalue weighted by Crippen LogP contribution is 2.69. The van der Waals surface area contributed by atoms with Crippen molar-refractivity contribution >= 4 is 65.9 Å². The molecule has 4 aliphatic rings. The summed E-state index contributed by atoms with van der Waals surface area (Å²) >= 11 is 13.9. The third kappa shape index (κ3) is 12.1. The first kappa shape index (κ1) is 55.0. The van der Waals surface area contributed by atoms with E-state index in [1.165, 1.54) is 82.8 Å². The number of hydrogen-bond donors (Lipinski definition) is 6. The second-order valence-corrected chi connectivity index (χ2v) is 23.9. The van der Waals surface area contributed by atoms with Crippen molar-refractivity contribution in [2.24, 2.45) is 58.2 Å². The molecule has 6 N–H and O–H groups in total. The van der Waals surface area contributed by atoms with Gasteiger partial charge in [-0.1, -0.05) is 132 Å². The minimum atomic E-state index is -1.69. The van der Waals surface area contributed by atoms with Gasteiger partial charge in [0.25, 0.3) is 0 Å². The summed E-state index contributed by atoms with van der Waals surface area (Å²) in [6, 6.07) is 19.1. The van der Waals surface area contributed by atoms with Crippen LogP contribution >= 0.6 is 23.2 Å². The lowest BCUT2D eigenvalue weighted by Gasteiger charge is -2.61. The summed E-state index contributed by atoms with van der Waals surface area (Å²) < 4.78 is 12.0. The van der Waals surface area contributed by atoms with Gasteiger partial charge in [-0.05, 0) is 192 Å². The van der Waals surface area contributed by atoms with Crippen LogP contribution in [-0.2, 0) is 13.2 Å². The fourth-order valence-corrected chi connectivity index (χ4v) is 15.2. The monoisotopic (exact) mass is 1030 g/mol. The molecule has 14 heteroatoms. The molecule has 4 aromatic rings. The van der Waals surface area contributed by atoms with E-state index in [0.717, 1.165) is 48.3 Å². The lowest BCUT2D eigenvalue weighted by molar-refractivity contribution is -0.121. The highest BCUT2D eigenvalue weighted by Gasteiger charge is 2.60. The Kier molecular flexibility index (Phi) is 17.5. The summed E-state index contributed by atoms with van der Waals surface area (Å²) in [6.45, 7) is 12.3. The number of aromatic carboxylic acids is 2. The molecule has 0 amide bonds. The van der Waals surface area contributed by atoms with Crippen LogP contribution in [0.15, 0.2) is 78.9 Å². The van der Waals surface area contributed by atoms with Gasteiger partial charge in [-0.15, -0.1) is 0 Å². The molecule has 4 aliphatic carbocycles. The van der Waals surface area contributed by atoms with E-state index in [1.54, 1.807) is 60.7 Å². The zero-order chi connectivity index (χ0) is 52.4. The maximum absolute atomic E-state index is 13.0. The van der Waals surface area contributed by atoms with E-state index in [4.69, 9.17) is 32.7 Å². The fraction of sp³-hybridized carbons (Fsp3) is 0.525. The standard InChI is InChI=1S/C59H74B2Cl2O10/c1-35(2)10-6-11-36(3)49-20-21-50-46-19-18-42-26-37(22-24-58(42,4)51(46)23-25-59(49,50)5)12-9-17-45(40-29-47(56(64)65)54(52(62)31-40)72-33-38-13-7-15-43(27-38)60(68)69)41-30-48(57(66)67)55(53(63)32-41)73-34-39-14-8-16-44(28-39)61(70)71/h7-8,13-17,27-32,35-37,42,46,49-51,68-71H,6,9-12,18-26,33-34H2,1-5H3,(H,64,65)(H,66,67)/t36-,37+,42+,46+,49-,50+,51+,58+,59-/m1/s1. The smallest absolute Gasteiger partial charge is 0.486 e. The van der Waals surface area contributed by atoms with Crippen LogP contribution in [0.25, 0.3) is 5.57 Å². The third-order valence-corrected chi connectivity index (χ3v) is 18.9. The Labute approximate surface area is 442 Å². The second kappa shape index (κ2) is 23.3. The molecule has 10 nitrogen and oxygen atoms in total. The summed E-state index contributed by atoms with van der Waals surface area (Å²) in [4.78, 5) is 26.0. The Bertz CT molecular complexity index is 2530. The fourth-order valence-electron chi connectivity index (χ4n) is 14.6. The van der Waals surface area contributed by atoms with Crippen LogP contribution in [-0.4, -0.2) is 56.5 Å². The third-order valence-electron chi connectivity index (χ3n) is 18.3. The van der Waals surface area contributed by atoms with E-state index in [-0.39, 0.29) is 56.8 Å². The van der Waals surface area contributed by atoms with E-state index in [1.807, 2.05) is 6.08 Å². The van der Waals surface area contributed by atoms with Gasteiger partial charge in [-0.25, -0.2) is 9.59 Å². The van der Waals surface area contributed by atoms with Gasteiger partial charge in [0.15, 0.2) is 11.5 Å². The molecular weight excluding hydrogens is 961 g/mol. The second-order valence-electron chi connectivity index (χ2n) is 23.1. The average molecular weight is 1040 g/mol. The number of benzene rings is 4. The SMILES string of the molecule is CC(C)CCC[C@@H](C)[C@H]1CC[C@H]2[C@@H]3CC[C@H]4C[C@@H](CCC=C(c5cc(Cl)c(OCc6cccc(B(O)O)c6)c(C(=O)O)c5)c5cc(Cl)c(OCc6cccc(B(O)O)c6)c(C(=O)O)c5)CC[C@]4(C)[C@H]3CC[C@]12C. The van der Waals surface area contributed by atoms with Crippen molar-refractivity contribution in [2.45, 2.75) is 138 Å². The molecule has 390 valence electrons. The van der Waals surface area contributed by atoms with Gasteiger partial charge in [-0.2, -0.15) is 0 Å². The number of carboxylic acid groups (broad SMARTS) is 2. The molecule has 0 radical (unpaired) electrons. The Hall–Kier alpha value is -4.29. The minimum Gasteiger partial charge on any atom is -0.486 e. The molecule has 0 spiro atoms. The van der Waals surface area contributed by atoms with Crippen molar-refractivity contribution < 1.29 is 49.4 Å². The summed E-state index contributed by atoms with van der Waals surface area (Å²) in [7, 11) is -3.38. The lowest BCUT2D eigenvalue weighted by atomic mass is 9.44. The summed E-state index contributed by atoms with van der Waals surface area (Å²) in [5, 5.41) is 60.0. The molecule has 0 aromatic heterocycles. The van der Waals surface area contributed by atoms with Crippen LogP contribution in [0, 0.1) is 58.2 Å². The normalized spacial score (nSPS) is 25.8.